The lowest BCUT2D eigenvalue weighted by Gasteiger charge is -2.23. The van der Waals surface area contributed by atoms with Crippen molar-refractivity contribution in [1.29, 1.82) is 0 Å². The molecule has 3 heteroatoms. The van der Waals surface area contributed by atoms with Crippen molar-refractivity contribution in [2.75, 3.05) is 0 Å². The van der Waals surface area contributed by atoms with E-state index in [9.17, 15) is 4.79 Å². The van der Waals surface area contributed by atoms with E-state index in [1.165, 1.54) is 21.8 Å². The highest BCUT2D eigenvalue weighted by Gasteiger charge is 2.36. The largest absolute Gasteiger partial charge is 0.338 e. The third-order valence-corrected chi connectivity index (χ3v) is 5.45. The van der Waals surface area contributed by atoms with Gasteiger partial charge in [-0.05, 0) is 50.5 Å². The van der Waals surface area contributed by atoms with Gasteiger partial charge in [0.2, 0.25) is 6.08 Å². The van der Waals surface area contributed by atoms with Gasteiger partial charge in [0.15, 0.2) is 0 Å². The topological polar surface area (TPSA) is 34.4 Å². The van der Waals surface area contributed by atoms with Crippen LogP contribution in [-0.4, -0.2) is 10.6 Å². The van der Waals surface area contributed by atoms with E-state index >= 15 is 0 Å². The summed E-state index contributed by atoms with van der Waals surface area (Å²) in [5.41, 5.74) is 3.30. The van der Waals surface area contributed by atoms with Gasteiger partial charge in [-0.3, -0.25) is 0 Å². The Balaban J connectivity index is 2.02. The molecule has 0 saturated heterocycles. The highest BCUT2D eigenvalue weighted by molar-refractivity contribution is 6.08. The maximum Gasteiger partial charge on any atom is 0.235 e. The average Bonchev–Trinajstić information content (AvgIpc) is 3.18. The Morgan fingerprint density at radius 2 is 1.75 bits per heavy atom. The number of fused-ring (bicyclic) bond motifs is 3. The Morgan fingerprint density at radius 1 is 1.04 bits per heavy atom. The lowest BCUT2D eigenvalue weighted by molar-refractivity contribution is 0.456. The molecule has 1 fully saturated rings. The summed E-state index contributed by atoms with van der Waals surface area (Å²) in [4.78, 5) is 15.3. The van der Waals surface area contributed by atoms with E-state index in [0.717, 1.165) is 31.2 Å². The van der Waals surface area contributed by atoms with Crippen LogP contribution in [0.15, 0.2) is 47.5 Å². The minimum Gasteiger partial charge on any atom is -0.338 e. The van der Waals surface area contributed by atoms with E-state index in [0.29, 0.717) is 6.04 Å². The molecule has 2 aromatic carbocycles. The molecule has 0 radical (unpaired) electrons. The van der Waals surface area contributed by atoms with Gasteiger partial charge >= 0.3 is 0 Å². The van der Waals surface area contributed by atoms with Gasteiger partial charge in [-0.15, -0.1) is 0 Å². The molecule has 1 heterocycles. The second-order valence-corrected chi connectivity index (χ2v) is 7.15. The Labute approximate surface area is 142 Å². The fraction of sp³-hybridized carbons (Fsp3) is 0.381. The van der Waals surface area contributed by atoms with Crippen LogP contribution in [-0.2, 0) is 10.3 Å². The third-order valence-electron chi connectivity index (χ3n) is 5.45. The van der Waals surface area contributed by atoms with E-state index in [4.69, 9.17) is 0 Å². The molecule has 0 atom stereocenters. The molecule has 1 saturated carbocycles. The van der Waals surface area contributed by atoms with Gasteiger partial charge in [0, 0.05) is 27.8 Å². The van der Waals surface area contributed by atoms with Crippen LogP contribution in [0.3, 0.4) is 0 Å². The first-order chi connectivity index (χ1) is 11.7. The lowest BCUT2D eigenvalue weighted by Crippen LogP contribution is -2.18. The first-order valence-corrected chi connectivity index (χ1v) is 8.78. The van der Waals surface area contributed by atoms with Crippen molar-refractivity contribution >= 4 is 27.9 Å². The Morgan fingerprint density at radius 3 is 2.46 bits per heavy atom. The van der Waals surface area contributed by atoms with Crippen LogP contribution in [0.2, 0.25) is 0 Å². The van der Waals surface area contributed by atoms with E-state index in [1.807, 2.05) is 6.08 Å². The second-order valence-electron chi connectivity index (χ2n) is 7.15. The van der Waals surface area contributed by atoms with Crippen molar-refractivity contribution in [3.05, 3.63) is 48.0 Å². The first kappa shape index (κ1) is 15.2. The average molecular weight is 318 g/mol. The van der Waals surface area contributed by atoms with Gasteiger partial charge < -0.3 is 4.57 Å². The molecule has 1 aromatic heterocycles. The minimum absolute atomic E-state index is 0.364. The van der Waals surface area contributed by atoms with E-state index in [-0.39, 0.29) is 5.54 Å². The fourth-order valence-electron chi connectivity index (χ4n) is 4.36. The monoisotopic (exact) mass is 318 g/mol. The van der Waals surface area contributed by atoms with Crippen LogP contribution < -0.4 is 0 Å². The van der Waals surface area contributed by atoms with Crippen LogP contribution in [0.5, 0.6) is 0 Å². The van der Waals surface area contributed by atoms with Crippen LogP contribution in [0.1, 0.15) is 51.1 Å². The zero-order valence-electron chi connectivity index (χ0n) is 14.2. The van der Waals surface area contributed by atoms with Crippen LogP contribution in [0.4, 0.5) is 0 Å². The van der Waals surface area contributed by atoms with Crippen molar-refractivity contribution in [3.63, 3.8) is 0 Å². The van der Waals surface area contributed by atoms with Crippen molar-refractivity contribution in [1.82, 2.24) is 4.57 Å². The lowest BCUT2D eigenvalue weighted by atomic mass is 9.88. The zero-order chi connectivity index (χ0) is 16.7. The summed E-state index contributed by atoms with van der Waals surface area (Å²) < 4.78 is 2.39. The van der Waals surface area contributed by atoms with Crippen molar-refractivity contribution in [2.45, 2.75) is 51.1 Å². The molecule has 3 aromatic rings. The minimum atomic E-state index is -0.364. The molecule has 0 amide bonds. The number of hydrogen-bond donors (Lipinski definition) is 0. The summed E-state index contributed by atoms with van der Waals surface area (Å²) in [6.07, 6.45) is 5.95. The predicted molar refractivity (Wildman–Crippen MR) is 98.1 cm³/mol. The number of nitrogens with zero attached hydrogens (tertiary/aromatic N) is 2. The first-order valence-electron chi connectivity index (χ1n) is 8.78. The van der Waals surface area contributed by atoms with Gasteiger partial charge in [0.05, 0.1) is 5.54 Å². The molecule has 0 aliphatic heterocycles. The number of benzene rings is 2. The van der Waals surface area contributed by atoms with E-state index < -0.39 is 0 Å². The van der Waals surface area contributed by atoms with Gasteiger partial charge in [-0.1, -0.05) is 37.1 Å². The van der Waals surface area contributed by atoms with Gasteiger partial charge in [0.25, 0.3) is 0 Å². The van der Waals surface area contributed by atoms with Gasteiger partial charge in [0.1, 0.15) is 0 Å². The summed E-state index contributed by atoms with van der Waals surface area (Å²) in [7, 11) is 0. The third kappa shape index (κ3) is 2.12. The molecule has 122 valence electrons. The molecule has 3 nitrogen and oxygen atoms in total. The molecule has 0 spiro atoms. The highest BCUT2D eigenvalue weighted by atomic mass is 16.1. The summed E-state index contributed by atoms with van der Waals surface area (Å²) in [5, 5.41) is 2.52. The molecule has 1 aliphatic rings. The predicted octanol–water partition coefficient (Wildman–Crippen LogP) is 5.48. The molecular weight excluding hydrogens is 296 g/mol. The summed E-state index contributed by atoms with van der Waals surface area (Å²) in [5.74, 6) is 0. The normalized spacial score (nSPS) is 16.8. The number of rotatable bonds is 3. The number of aromatic nitrogens is 1. The Bertz CT molecular complexity index is 955. The molecule has 0 unspecified atom stereocenters. The number of isocyanates is 1. The summed E-state index contributed by atoms with van der Waals surface area (Å²) in [6.45, 7) is 4.43. The van der Waals surface area contributed by atoms with Crippen LogP contribution in [0.25, 0.3) is 21.8 Å². The molecule has 4 rings (SSSR count). The standard InChI is InChI=1S/C21H22N2O/c1-15(2)23-19-8-4-3-7-17(19)18-13-16(9-10-20(18)23)21(22-14-24)11-5-6-12-21/h3-4,7-10,13,15H,5-6,11-12H2,1-2H3. The summed E-state index contributed by atoms with van der Waals surface area (Å²) in [6, 6.07) is 15.6. The van der Waals surface area contributed by atoms with E-state index in [2.05, 4.69) is 65.9 Å². The smallest absolute Gasteiger partial charge is 0.235 e. The molecule has 0 bridgehead atoms. The Kier molecular flexibility index (Phi) is 3.54. The summed E-state index contributed by atoms with van der Waals surface area (Å²) >= 11 is 0. The van der Waals surface area contributed by atoms with Crippen LogP contribution >= 0.6 is 0 Å². The van der Waals surface area contributed by atoms with Crippen molar-refractivity contribution < 1.29 is 4.79 Å². The van der Waals surface area contributed by atoms with Crippen molar-refractivity contribution in [3.8, 4) is 0 Å². The number of aliphatic imine (C=N–C) groups is 1. The number of carbonyl (C=O) groups excluding carboxylic acids is 1. The molecular formula is C21H22N2O. The quantitative estimate of drug-likeness (QED) is 0.465. The maximum atomic E-state index is 11.0. The highest BCUT2D eigenvalue weighted by Crippen LogP contribution is 2.44. The van der Waals surface area contributed by atoms with Gasteiger partial charge in [-0.25, -0.2) is 4.79 Å². The number of hydrogen-bond acceptors (Lipinski definition) is 2. The zero-order valence-corrected chi connectivity index (χ0v) is 14.2. The maximum absolute atomic E-state index is 11.0. The Hall–Kier alpha value is -2.38. The fourth-order valence-corrected chi connectivity index (χ4v) is 4.36. The second kappa shape index (κ2) is 5.61. The SMILES string of the molecule is CC(C)n1c2ccccc2c2cc(C3(N=C=O)CCCC3)ccc21. The van der Waals surface area contributed by atoms with Crippen LogP contribution in [0, 0.1) is 0 Å². The molecule has 0 N–H and O–H groups in total. The van der Waals surface area contributed by atoms with Gasteiger partial charge in [-0.2, -0.15) is 4.99 Å². The van der Waals surface area contributed by atoms with E-state index in [1.54, 1.807) is 0 Å². The number of para-hydroxylation sites is 1. The van der Waals surface area contributed by atoms with Crippen molar-refractivity contribution in [2.24, 2.45) is 4.99 Å². The molecule has 1 aliphatic carbocycles. The molecule has 24 heavy (non-hydrogen) atoms.